The number of hydrogen-bond acceptors (Lipinski definition) is 4. The summed E-state index contributed by atoms with van der Waals surface area (Å²) in [7, 11) is 1.62. The van der Waals surface area contributed by atoms with Gasteiger partial charge in [0.15, 0.2) is 0 Å². The van der Waals surface area contributed by atoms with Crippen molar-refractivity contribution in [2.75, 3.05) is 7.11 Å². The van der Waals surface area contributed by atoms with Crippen LogP contribution in [0, 0.1) is 0 Å². The van der Waals surface area contributed by atoms with Gasteiger partial charge in [0.2, 0.25) is 11.8 Å². The first-order chi connectivity index (χ1) is 14.2. The number of nitrogens with one attached hydrogen (secondary N) is 1. The molecule has 1 aromatic heterocycles. The molecule has 1 atom stereocenters. The van der Waals surface area contributed by atoms with E-state index in [2.05, 4.69) is 34.6 Å². The van der Waals surface area contributed by atoms with E-state index in [4.69, 9.17) is 9.47 Å². The third-order valence-electron chi connectivity index (χ3n) is 5.24. The Morgan fingerprint density at radius 3 is 2.79 bits per heavy atom. The fourth-order valence-corrected chi connectivity index (χ4v) is 3.72. The molecule has 0 radical (unpaired) electrons. The molecule has 1 aliphatic carbocycles. The molecule has 29 heavy (non-hydrogen) atoms. The molecule has 0 spiro atoms. The number of nitrogens with zero attached hydrogens (tertiary/aromatic N) is 1. The average molecular weight is 388 g/mol. The van der Waals surface area contributed by atoms with Crippen LogP contribution in [0.2, 0.25) is 0 Å². The Morgan fingerprint density at radius 2 is 1.97 bits per heavy atom. The summed E-state index contributed by atoms with van der Waals surface area (Å²) in [5.41, 5.74) is 3.63. The topological polar surface area (TPSA) is 60.5 Å². The normalized spacial score (nSPS) is 14.9. The number of pyridine rings is 1. The molecule has 0 saturated carbocycles. The molecule has 0 aliphatic heterocycles. The zero-order chi connectivity index (χ0) is 20.1. The van der Waals surface area contributed by atoms with E-state index >= 15 is 0 Å². The molecule has 0 saturated heterocycles. The number of amides is 1. The lowest BCUT2D eigenvalue weighted by atomic mass is 9.97. The molecule has 1 aliphatic rings. The Hall–Kier alpha value is -3.34. The highest BCUT2D eigenvalue weighted by molar-refractivity contribution is 5.77. The van der Waals surface area contributed by atoms with Crippen LogP contribution < -0.4 is 14.8 Å². The van der Waals surface area contributed by atoms with Crippen molar-refractivity contribution in [2.24, 2.45) is 0 Å². The third kappa shape index (κ3) is 4.74. The quantitative estimate of drug-likeness (QED) is 0.642. The van der Waals surface area contributed by atoms with Crippen LogP contribution in [0.3, 0.4) is 0 Å². The number of carbonyl (C=O) groups is 1. The molecular formula is C24H24N2O3. The molecule has 4 rings (SSSR count). The van der Waals surface area contributed by atoms with E-state index in [0.29, 0.717) is 30.5 Å². The Morgan fingerprint density at radius 1 is 1.10 bits per heavy atom. The Balaban J connectivity index is 1.28. The van der Waals surface area contributed by atoms with Crippen molar-refractivity contribution < 1.29 is 14.3 Å². The molecule has 3 aromatic rings. The van der Waals surface area contributed by atoms with Crippen LogP contribution in [0.15, 0.2) is 66.9 Å². The molecule has 0 fully saturated rings. The summed E-state index contributed by atoms with van der Waals surface area (Å²) in [4.78, 5) is 16.7. The fraction of sp³-hybridized carbons (Fsp3) is 0.250. The summed E-state index contributed by atoms with van der Waals surface area (Å²) >= 11 is 0. The molecular weight excluding hydrogens is 364 g/mol. The van der Waals surface area contributed by atoms with Crippen molar-refractivity contribution in [3.8, 4) is 17.4 Å². The number of hydrogen-bond donors (Lipinski definition) is 1. The van der Waals surface area contributed by atoms with Crippen molar-refractivity contribution in [3.63, 3.8) is 0 Å². The van der Waals surface area contributed by atoms with Gasteiger partial charge in [-0.05, 0) is 47.6 Å². The van der Waals surface area contributed by atoms with E-state index in [1.807, 2.05) is 24.3 Å². The molecule has 0 bridgehead atoms. The van der Waals surface area contributed by atoms with Crippen LogP contribution in [0.4, 0.5) is 0 Å². The van der Waals surface area contributed by atoms with Crippen LogP contribution in [0.1, 0.15) is 35.4 Å². The second kappa shape index (κ2) is 8.78. The lowest BCUT2D eigenvalue weighted by Crippen LogP contribution is -2.24. The van der Waals surface area contributed by atoms with E-state index in [1.165, 1.54) is 11.1 Å². The summed E-state index contributed by atoms with van der Waals surface area (Å²) in [6, 6.07) is 19.5. The van der Waals surface area contributed by atoms with Crippen molar-refractivity contribution in [1.29, 1.82) is 0 Å². The second-order valence-corrected chi connectivity index (χ2v) is 7.20. The minimum Gasteiger partial charge on any atom is -0.497 e. The number of benzene rings is 2. The molecule has 5 heteroatoms. The molecule has 2 aromatic carbocycles. The summed E-state index contributed by atoms with van der Waals surface area (Å²) in [5.74, 6) is 2.28. The molecule has 1 heterocycles. The van der Waals surface area contributed by atoms with Crippen LogP contribution in [0.25, 0.3) is 0 Å². The monoisotopic (exact) mass is 388 g/mol. The van der Waals surface area contributed by atoms with E-state index in [9.17, 15) is 4.79 Å². The summed E-state index contributed by atoms with van der Waals surface area (Å²) in [6.45, 7) is 0.458. The predicted molar refractivity (Wildman–Crippen MR) is 111 cm³/mol. The van der Waals surface area contributed by atoms with Crippen molar-refractivity contribution >= 4 is 5.91 Å². The summed E-state index contributed by atoms with van der Waals surface area (Å²) in [5, 5.41) is 3.00. The van der Waals surface area contributed by atoms with E-state index in [-0.39, 0.29) is 5.91 Å². The van der Waals surface area contributed by atoms with Gasteiger partial charge in [-0.2, -0.15) is 0 Å². The highest BCUT2D eigenvalue weighted by Crippen LogP contribution is 2.35. The lowest BCUT2D eigenvalue weighted by Gasteiger charge is -2.12. The smallest absolute Gasteiger partial charge is 0.220 e. The number of aromatic nitrogens is 1. The maximum atomic E-state index is 12.4. The second-order valence-electron chi connectivity index (χ2n) is 7.20. The molecule has 1 unspecified atom stereocenters. The molecule has 1 N–H and O–H groups in total. The van der Waals surface area contributed by atoms with E-state index < -0.39 is 0 Å². The first-order valence-electron chi connectivity index (χ1n) is 9.82. The van der Waals surface area contributed by atoms with Gasteiger partial charge in [0.1, 0.15) is 11.5 Å². The SMILES string of the molecule is COc1cccc(Oc2ccc(CNC(=O)CC3CCc4ccccc43)cn2)c1. The van der Waals surface area contributed by atoms with Crippen molar-refractivity contribution in [3.05, 3.63) is 83.6 Å². The molecule has 5 nitrogen and oxygen atoms in total. The number of methoxy groups -OCH3 is 1. The van der Waals surface area contributed by atoms with Crippen LogP contribution in [-0.4, -0.2) is 18.0 Å². The lowest BCUT2D eigenvalue weighted by molar-refractivity contribution is -0.121. The maximum Gasteiger partial charge on any atom is 0.220 e. The number of aryl methyl sites for hydroxylation is 1. The first-order valence-corrected chi connectivity index (χ1v) is 9.82. The van der Waals surface area contributed by atoms with Gasteiger partial charge in [-0.25, -0.2) is 4.98 Å². The zero-order valence-electron chi connectivity index (χ0n) is 16.4. The van der Waals surface area contributed by atoms with Gasteiger partial charge in [-0.15, -0.1) is 0 Å². The number of rotatable bonds is 7. The van der Waals surface area contributed by atoms with Crippen LogP contribution in [-0.2, 0) is 17.8 Å². The number of ether oxygens (including phenoxy) is 2. The minimum absolute atomic E-state index is 0.0726. The average Bonchev–Trinajstić information content (AvgIpc) is 3.16. The standard InChI is InChI=1S/C24H24N2O3/c1-28-20-6-4-7-21(14-20)29-24-12-9-17(16-26-24)15-25-23(27)13-19-11-10-18-5-2-3-8-22(18)19/h2-9,12,14,16,19H,10-11,13,15H2,1H3,(H,25,27). The maximum absolute atomic E-state index is 12.4. The van der Waals surface area contributed by atoms with Crippen molar-refractivity contribution in [1.82, 2.24) is 10.3 Å². The Bertz CT molecular complexity index is 985. The van der Waals surface area contributed by atoms with Gasteiger partial charge in [-0.1, -0.05) is 36.4 Å². The third-order valence-corrected chi connectivity index (χ3v) is 5.24. The van der Waals surface area contributed by atoms with Gasteiger partial charge < -0.3 is 14.8 Å². The van der Waals surface area contributed by atoms with Crippen LogP contribution >= 0.6 is 0 Å². The van der Waals surface area contributed by atoms with Gasteiger partial charge >= 0.3 is 0 Å². The zero-order valence-corrected chi connectivity index (χ0v) is 16.4. The van der Waals surface area contributed by atoms with Gasteiger partial charge in [0.05, 0.1) is 7.11 Å². The Kier molecular flexibility index (Phi) is 5.75. The fourth-order valence-electron chi connectivity index (χ4n) is 3.72. The highest BCUT2D eigenvalue weighted by atomic mass is 16.5. The predicted octanol–water partition coefficient (Wildman–Crippen LogP) is 4.62. The first kappa shape index (κ1) is 19.0. The van der Waals surface area contributed by atoms with Crippen molar-refractivity contribution in [2.45, 2.75) is 31.7 Å². The van der Waals surface area contributed by atoms with E-state index in [0.717, 1.165) is 24.2 Å². The number of fused-ring (bicyclic) bond motifs is 1. The number of carbonyl (C=O) groups excluding carboxylic acids is 1. The van der Waals surface area contributed by atoms with Gasteiger partial charge in [-0.3, -0.25) is 4.79 Å². The highest BCUT2D eigenvalue weighted by Gasteiger charge is 2.23. The van der Waals surface area contributed by atoms with Gasteiger partial charge in [0.25, 0.3) is 0 Å². The molecule has 148 valence electrons. The molecule has 1 amide bonds. The van der Waals surface area contributed by atoms with E-state index in [1.54, 1.807) is 25.4 Å². The largest absolute Gasteiger partial charge is 0.497 e. The summed E-state index contributed by atoms with van der Waals surface area (Å²) < 4.78 is 10.9. The minimum atomic E-state index is 0.0726. The summed E-state index contributed by atoms with van der Waals surface area (Å²) in [6.07, 6.45) is 4.36. The Labute approximate surface area is 170 Å². The van der Waals surface area contributed by atoms with Gasteiger partial charge in [0, 0.05) is 31.3 Å². The van der Waals surface area contributed by atoms with Crippen LogP contribution in [0.5, 0.6) is 17.4 Å².